The molecule has 0 saturated carbocycles. The van der Waals surface area contributed by atoms with Gasteiger partial charge in [-0.05, 0) is 17.7 Å². The summed E-state index contributed by atoms with van der Waals surface area (Å²) in [6.07, 6.45) is 0.714. The van der Waals surface area contributed by atoms with Crippen LogP contribution < -0.4 is 11.2 Å². The summed E-state index contributed by atoms with van der Waals surface area (Å²) in [7, 11) is 0. The number of H-pyrrole nitrogens is 1. The zero-order valence-corrected chi connectivity index (χ0v) is 8.61. The van der Waals surface area contributed by atoms with Crippen molar-refractivity contribution in [2.75, 3.05) is 0 Å². The topological polar surface area (TPSA) is 54.9 Å². The minimum Gasteiger partial charge on any atom is -0.311 e. The molecule has 0 unspecified atom stereocenters. The molecule has 0 aliphatic heterocycles. The molecule has 0 bridgehead atoms. The molecule has 1 aromatic carbocycles. The molecule has 4 nitrogen and oxygen atoms in total. The lowest BCUT2D eigenvalue weighted by atomic mass is 10.2. The minimum atomic E-state index is -1.04. The second kappa shape index (κ2) is 4.32. The van der Waals surface area contributed by atoms with Crippen LogP contribution in [0.25, 0.3) is 0 Å². The lowest BCUT2D eigenvalue weighted by Gasteiger charge is -2.04. The van der Waals surface area contributed by atoms with Gasteiger partial charge in [0.15, 0.2) is 0 Å². The molecule has 0 aliphatic carbocycles. The van der Waals surface area contributed by atoms with E-state index in [0.717, 1.165) is 0 Å². The lowest BCUT2D eigenvalue weighted by molar-refractivity contribution is 0.556. The number of halogens is 2. The van der Waals surface area contributed by atoms with Crippen LogP contribution in [0.15, 0.2) is 40.1 Å². The minimum absolute atomic E-state index is 0.105. The molecular weight excluding hydrogens is 230 g/mol. The first-order valence-electron chi connectivity index (χ1n) is 4.80. The summed E-state index contributed by atoms with van der Waals surface area (Å²) in [5.41, 5.74) is -1.18. The van der Waals surface area contributed by atoms with Gasteiger partial charge in [-0.1, -0.05) is 12.1 Å². The number of benzene rings is 1. The van der Waals surface area contributed by atoms with E-state index in [1.165, 1.54) is 24.3 Å². The fourth-order valence-corrected chi connectivity index (χ4v) is 1.40. The Hall–Kier alpha value is -2.24. The van der Waals surface area contributed by atoms with Crippen molar-refractivity contribution in [1.82, 2.24) is 9.55 Å². The molecule has 0 saturated heterocycles. The SMILES string of the molecule is O=c1[nH]cc(F)c(=O)n1Cc1ccc(F)cc1. The van der Waals surface area contributed by atoms with Gasteiger partial charge in [-0.2, -0.15) is 4.39 Å². The Bertz CT molecular complexity index is 644. The Morgan fingerprint density at radius 3 is 2.41 bits per heavy atom. The molecule has 1 aromatic heterocycles. The number of nitrogens with zero attached hydrogens (tertiary/aromatic N) is 1. The average Bonchev–Trinajstić information content (AvgIpc) is 2.32. The van der Waals surface area contributed by atoms with Crippen molar-refractivity contribution >= 4 is 0 Å². The van der Waals surface area contributed by atoms with Crippen molar-refractivity contribution in [3.05, 3.63) is 68.5 Å². The van der Waals surface area contributed by atoms with Gasteiger partial charge in [-0.3, -0.25) is 9.36 Å². The molecule has 6 heteroatoms. The van der Waals surface area contributed by atoms with E-state index in [-0.39, 0.29) is 6.54 Å². The molecule has 0 amide bonds. The Morgan fingerprint density at radius 2 is 1.76 bits per heavy atom. The fraction of sp³-hybridized carbons (Fsp3) is 0.0909. The second-order valence-electron chi connectivity index (χ2n) is 3.46. The van der Waals surface area contributed by atoms with Crippen LogP contribution in [-0.2, 0) is 6.54 Å². The summed E-state index contributed by atoms with van der Waals surface area (Å²) in [5, 5.41) is 0. The predicted octanol–water partition coefficient (Wildman–Crippen LogP) is 0.863. The molecule has 17 heavy (non-hydrogen) atoms. The van der Waals surface area contributed by atoms with Gasteiger partial charge in [0.05, 0.1) is 6.54 Å². The summed E-state index contributed by atoms with van der Waals surface area (Å²) in [6.45, 7) is -0.105. The summed E-state index contributed by atoms with van der Waals surface area (Å²) in [4.78, 5) is 24.8. The monoisotopic (exact) mass is 238 g/mol. The number of rotatable bonds is 2. The maximum atomic E-state index is 13.0. The molecule has 2 aromatic rings. The summed E-state index contributed by atoms with van der Waals surface area (Å²) < 4.78 is 26.3. The van der Waals surface area contributed by atoms with E-state index in [9.17, 15) is 18.4 Å². The van der Waals surface area contributed by atoms with E-state index in [1.54, 1.807) is 0 Å². The second-order valence-corrected chi connectivity index (χ2v) is 3.46. The highest BCUT2D eigenvalue weighted by Crippen LogP contribution is 2.02. The van der Waals surface area contributed by atoms with Gasteiger partial charge in [0.25, 0.3) is 5.56 Å². The van der Waals surface area contributed by atoms with Gasteiger partial charge in [0.2, 0.25) is 5.82 Å². The third-order valence-electron chi connectivity index (χ3n) is 2.27. The Balaban J connectivity index is 2.43. The third-order valence-corrected chi connectivity index (χ3v) is 2.27. The van der Waals surface area contributed by atoms with Crippen molar-refractivity contribution in [1.29, 1.82) is 0 Å². The Kier molecular flexibility index (Phi) is 2.86. The average molecular weight is 238 g/mol. The number of aromatic amines is 1. The largest absolute Gasteiger partial charge is 0.328 e. The first-order chi connectivity index (χ1) is 8.08. The van der Waals surface area contributed by atoms with Crippen LogP contribution in [0.1, 0.15) is 5.56 Å². The first kappa shape index (κ1) is 11.3. The molecule has 2 rings (SSSR count). The van der Waals surface area contributed by atoms with Crippen molar-refractivity contribution in [2.24, 2.45) is 0 Å². The highest BCUT2D eigenvalue weighted by atomic mass is 19.1. The Labute approximate surface area is 94.2 Å². The van der Waals surface area contributed by atoms with Crippen LogP contribution in [0, 0.1) is 11.6 Å². The maximum Gasteiger partial charge on any atom is 0.328 e. The van der Waals surface area contributed by atoms with Gasteiger partial charge in [0, 0.05) is 6.20 Å². The highest BCUT2D eigenvalue weighted by Gasteiger charge is 2.07. The number of hydrogen-bond acceptors (Lipinski definition) is 2. The summed E-state index contributed by atoms with van der Waals surface area (Å²) in [5.74, 6) is -1.46. The van der Waals surface area contributed by atoms with Gasteiger partial charge in [-0.25, -0.2) is 9.18 Å². The first-order valence-corrected chi connectivity index (χ1v) is 4.80. The van der Waals surface area contributed by atoms with Gasteiger partial charge in [0.1, 0.15) is 5.82 Å². The van der Waals surface area contributed by atoms with Gasteiger partial charge in [-0.15, -0.1) is 0 Å². The van der Waals surface area contributed by atoms with Gasteiger partial charge >= 0.3 is 5.69 Å². The summed E-state index contributed by atoms with van der Waals surface area (Å²) in [6, 6.07) is 5.25. The normalized spacial score (nSPS) is 10.5. The van der Waals surface area contributed by atoms with E-state index in [4.69, 9.17) is 0 Å². The quantitative estimate of drug-likeness (QED) is 0.843. The van der Waals surface area contributed by atoms with Crippen molar-refractivity contribution < 1.29 is 8.78 Å². The van der Waals surface area contributed by atoms with E-state index in [0.29, 0.717) is 16.3 Å². The molecule has 88 valence electrons. The summed E-state index contributed by atoms with van der Waals surface area (Å²) >= 11 is 0. The zero-order valence-electron chi connectivity index (χ0n) is 8.61. The number of aromatic nitrogens is 2. The Morgan fingerprint density at radius 1 is 1.12 bits per heavy atom. The number of nitrogens with one attached hydrogen (secondary N) is 1. The molecule has 0 radical (unpaired) electrons. The molecule has 0 atom stereocenters. The van der Waals surface area contributed by atoms with Crippen molar-refractivity contribution in [2.45, 2.75) is 6.54 Å². The van der Waals surface area contributed by atoms with Crippen molar-refractivity contribution in [3.63, 3.8) is 0 Å². The molecule has 1 heterocycles. The predicted molar refractivity (Wildman–Crippen MR) is 56.8 cm³/mol. The van der Waals surface area contributed by atoms with Gasteiger partial charge < -0.3 is 4.98 Å². The van der Waals surface area contributed by atoms with Crippen LogP contribution in [0.5, 0.6) is 0 Å². The molecule has 0 fully saturated rings. The lowest BCUT2D eigenvalue weighted by Crippen LogP contribution is -2.36. The maximum absolute atomic E-state index is 13.0. The van der Waals surface area contributed by atoms with E-state index in [2.05, 4.69) is 4.98 Å². The number of hydrogen-bond donors (Lipinski definition) is 1. The van der Waals surface area contributed by atoms with E-state index < -0.39 is 22.9 Å². The molecule has 0 aliphatic rings. The van der Waals surface area contributed by atoms with E-state index in [1.807, 2.05) is 0 Å². The van der Waals surface area contributed by atoms with Crippen LogP contribution in [0.4, 0.5) is 8.78 Å². The standard InChI is InChI=1S/C11H8F2N2O2/c12-8-3-1-7(2-4-8)6-15-10(16)9(13)5-14-11(15)17/h1-5H,6H2,(H,14,17). The van der Waals surface area contributed by atoms with Crippen LogP contribution in [0.2, 0.25) is 0 Å². The van der Waals surface area contributed by atoms with Crippen molar-refractivity contribution in [3.8, 4) is 0 Å². The van der Waals surface area contributed by atoms with Crippen LogP contribution in [-0.4, -0.2) is 9.55 Å². The van der Waals surface area contributed by atoms with Crippen LogP contribution in [0.3, 0.4) is 0 Å². The molecular formula is C11H8F2N2O2. The van der Waals surface area contributed by atoms with Crippen LogP contribution >= 0.6 is 0 Å². The highest BCUT2D eigenvalue weighted by molar-refractivity contribution is 5.16. The third kappa shape index (κ3) is 2.30. The van der Waals surface area contributed by atoms with E-state index >= 15 is 0 Å². The zero-order chi connectivity index (χ0) is 12.4. The smallest absolute Gasteiger partial charge is 0.311 e. The molecule has 0 spiro atoms. The fourth-order valence-electron chi connectivity index (χ4n) is 1.40. The molecule has 1 N–H and O–H groups in total.